The van der Waals surface area contributed by atoms with Gasteiger partial charge in [0.1, 0.15) is 66.2 Å². The van der Waals surface area contributed by atoms with E-state index in [-0.39, 0.29) is 86.7 Å². The van der Waals surface area contributed by atoms with E-state index < -0.39 is 156 Å². The summed E-state index contributed by atoms with van der Waals surface area (Å²) in [7, 11) is 9.82. The van der Waals surface area contributed by atoms with Gasteiger partial charge >= 0.3 is 0 Å². The Hall–Kier alpha value is -7.77. The summed E-state index contributed by atoms with van der Waals surface area (Å²) in [6.07, 6.45) is 1.000. The second kappa shape index (κ2) is 39.9. The van der Waals surface area contributed by atoms with Gasteiger partial charge in [0.15, 0.2) is 0 Å². The average Bonchev–Trinajstić information content (AvgIpc) is 0.805. The topological polar surface area (TPSA) is 325 Å². The average molecular weight is 1390 g/mol. The maximum absolute atomic E-state index is 15.5. The highest BCUT2D eigenvalue weighted by atomic mass is 16.3. The number of carbonyl (C=O) groups is 13. The number of Topliss-reactive ketones (excluding diaryl/α,β-unsaturated/α-hetero) is 1. The van der Waals surface area contributed by atoms with Crippen LogP contribution in [-0.4, -0.2) is 238 Å². The van der Waals surface area contributed by atoms with E-state index in [1.807, 2.05) is 68.4 Å². The quantitative estimate of drug-likeness (QED) is 0.0990. The highest BCUT2D eigenvalue weighted by Gasteiger charge is 2.46. The van der Waals surface area contributed by atoms with Crippen LogP contribution in [0.1, 0.15) is 182 Å². The van der Waals surface area contributed by atoms with Gasteiger partial charge in [-0.05, 0) is 131 Å². The molecule has 1 saturated heterocycles. The first kappa shape index (κ1) is 87.3. The second-order valence-electron chi connectivity index (χ2n) is 29.7. The molecule has 0 bridgehead atoms. The molecular weight excluding hydrogens is 1270 g/mol. The van der Waals surface area contributed by atoms with Crippen LogP contribution in [0, 0.1) is 41.4 Å². The molecule has 99 heavy (non-hydrogen) atoms. The van der Waals surface area contributed by atoms with Crippen LogP contribution < -0.4 is 26.6 Å². The predicted octanol–water partition coefficient (Wildman–Crippen LogP) is 5.10. The van der Waals surface area contributed by atoms with Gasteiger partial charge in [-0.25, -0.2) is 0 Å². The lowest BCUT2D eigenvalue weighted by molar-refractivity contribution is -0.157. The molecule has 0 saturated carbocycles. The minimum absolute atomic E-state index is 0.0285. The molecule has 0 aliphatic carbocycles. The van der Waals surface area contributed by atoms with E-state index >= 15 is 19.2 Å². The maximum Gasteiger partial charge on any atom is 0.246 e. The fourth-order valence-corrected chi connectivity index (χ4v) is 12.1. The second-order valence-corrected chi connectivity index (χ2v) is 29.7. The number of ketones is 1. The van der Waals surface area contributed by atoms with Gasteiger partial charge in [0, 0.05) is 67.9 Å². The number of rotatable bonds is 20. The minimum atomic E-state index is -1.72. The molecule has 26 nitrogen and oxygen atoms in total. The molecule has 2 rings (SSSR count). The first-order valence-electron chi connectivity index (χ1n) is 35.1. The Morgan fingerprint density at radius 1 is 0.505 bits per heavy atom. The molecule has 0 radical (unpaired) electrons. The summed E-state index contributed by atoms with van der Waals surface area (Å²) in [5.41, 5.74) is 2.06. The normalized spacial score (nSPS) is 24.7. The number of anilines is 1. The van der Waals surface area contributed by atoms with Crippen molar-refractivity contribution in [1.29, 1.82) is 0 Å². The predicted molar refractivity (Wildman–Crippen MR) is 382 cm³/mol. The summed E-state index contributed by atoms with van der Waals surface area (Å²) >= 11 is 0. The summed E-state index contributed by atoms with van der Waals surface area (Å²) in [5, 5.41) is 26.4. The van der Waals surface area contributed by atoms with Crippen molar-refractivity contribution in [3.8, 4) is 0 Å². The Labute approximate surface area is 589 Å². The largest absolute Gasteiger partial charge is 0.390 e. The summed E-state index contributed by atoms with van der Waals surface area (Å²) in [6, 6.07) is -5.79. The van der Waals surface area contributed by atoms with Gasteiger partial charge in [0.05, 0.1) is 12.6 Å². The fraction of sp³-hybridized carbons (Fsp3) is 0.712. The van der Waals surface area contributed by atoms with Gasteiger partial charge in [-0.2, -0.15) is 0 Å². The van der Waals surface area contributed by atoms with Crippen molar-refractivity contribution in [1.82, 2.24) is 55.6 Å². The molecule has 6 N–H and O–H groups in total. The Kier molecular flexibility index (Phi) is 35.2. The minimum Gasteiger partial charge on any atom is -0.390 e. The Morgan fingerprint density at radius 2 is 0.949 bits per heavy atom. The van der Waals surface area contributed by atoms with Gasteiger partial charge in [-0.1, -0.05) is 115 Å². The smallest absolute Gasteiger partial charge is 0.246 e. The summed E-state index contributed by atoms with van der Waals surface area (Å²) < 4.78 is 0. The zero-order chi connectivity index (χ0) is 76.1. The molecule has 558 valence electrons. The van der Waals surface area contributed by atoms with Crippen LogP contribution in [-0.2, 0) is 62.3 Å². The van der Waals surface area contributed by atoms with Gasteiger partial charge in [-0.3, -0.25) is 57.5 Å². The number of carbonyl (C=O) groups excluding carboxylic acids is 13. The number of allylic oxidation sites excluding steroid dienone is 2. The molecule has 1 heterocycles. The number of hydrogen-bond acceptors (Lipinski definition) is 14. The Bertz CT molecular complexity index is 3000. The molecule has 0 spiro atoms. The summed E-state index contributed by atoms with van der Waals surface area (Å²) in [5.74, 6) is -10.8. The molecule has 12 atom stereocenters. The van der Waals surface area contributed by atoms with E-state index in [9.17, 15) is 48.3 Å². The van der Waals surface area contributed by atoms with E-state index in [2.05, 4.69) is 26.6 Å². The van der Waals surface area contributed by atoms with Crippen LogP contribution in [0.2, 0.25) is 0 Å². The van der Waals surface area contributed by atoms with Crippen molar-refractivity contribution in [2.45, 2.75) is 243 Å². The highest BCUT2D eigenvalue weighted by Crippen LogP contribution is 2.27. The van der Waals surface area contributed by atoms with Gasteiger partial charge in [0.2, 0.25) is 70.9 Å². The third-order valence-corrected chi connectivity index (χ3v) is 18.5. The number of hydrogen-bond donors (Lipinski definition) is 6. The number of amides is 12. The zero-order valence-corrected chi connectivity index (χ0v) is 64.0. The third kappa shape index (κ3) is 25.4. The summed E-state index contributed by atoms with van der Waals surface area (Å²) in [6.45, 7) is 30.6. The lowest BCUT2D eigenvalue weighted by atomic mass is 9.90. The van der Waals surface area contributed by atoms with Gasteiger partial charge in [0.25, 0.3) is 0 Å². The van der Waals surface area contributed by atoms with Crippen LogP contribution in [0.3, 0.4) is 0 Å². The SMILES string of the molecule is CC[C@H]1NC(=O)C([C@@H](O)[C@@H](C)C/C=C(/C)c2ccc(NC(=O)CCC(C)=O)cc2)N(C)C(=O)[C@@H](C(C)C)N(C)C(=O)[C@@H](CC(C)C)N(C)C(=O)[C@@H](CC(C)C)N(C)C(=O)[C@@H](C)NC(=O)[C@@H](C)NC(=O)[C@@H](CC(C)C)N(C)C(=O)[C@@H](C(C)C)NC(=O)[C@@H](CC(C)C)N(C)C(=O)CN(C)C1=O. The molecule has 12 amide bonds. The number of likely N-dealkylation sites (N-methyl/N-ethyl adjacent to an activating group) is 7. The fourth-order valence-electron chi connectivity index (χ4n) is 12.1. The van der Waals surface area contributed by atoms with Crippen molar-refractivity contribution >= 4 is 87.9 Å². The van der Waals surface area contributed by atoms with Crippen molar-refractivity contribution in [2.75, 3.05) is 61.2 Å². The van der Waals surface area contributed by atoms with Crippen LogP contribution in [0.4, 0.5) is 5.69 Å². The number of aliphatic hydroxyl groups is 1. The number of nitrogens with zero attached hydrogens (tertiary/aromatic N) is 7. The van der Waals surface area contributed by atoms with Crippen molar-refractivity contribution in [2.24, 2.45) is 41.4 Å². The van der Waals surface area contributed by atoms with Crippen LogP contribution in [0.25, 0.3) is 5.57 Å². The van der Waals surface area contributed by atoms with Crippen LogP contribution >= 0.6 is 0 Å². The molecule has 1 aliphatic heterocycles. The van der Waals surface area contributed by atoms with Crippen molar-refractivity contribution < 1.29 is 67.4 Å². The Balaban J connectivity index is 3.00. The lowest BCUT2D eigenvalue weighted by Crippen LogP contribution is -2.63. The highest BCUT2D eigenvalue weighted by molar-refractivity contribution is 6.00. The maximum atomic E-state index is 15.5. The third-order valence-electron chi connectivity index (χ3n) is 18.5. The van der Waals surface area contributed by atoms with E-state index in [0.29, 0.717) is 5.69 Å². The molecule has 0 aromatic heterocycles. The van der Waals surface area contributed by atoms with Crippen molar-refractivity contribution in [3.05, 3.63) is 35.9 Å². The molecular formula is C73H122N12O14. The monoisotopic (exact) mass is 1390 g/mol. The standard InChI is InChI=1S/C73H122N12O14/c1-26-53-69(95)79(19)39-59(88)80(20)54(35-40(2)3)66(92)78-60(44(10)11)72(98)81(21)55(36-41(4)5)65(91)74-49(17)64(90)75-50(18)68(94)82(22)56(37-42(6)7)70(96)83(23)57(38-43(8)9)71(97)84(24)61(45(12)13)73(99)85(25)62(67(93)77-53)63(89)47(15)28-27-46(14)51-30-32-52(33-31-51)76-58(87)34-29-48(16)86/h27,30-33,40-45,47,49-50,53-57,60-63,89H,26,28-29,34-39H2,1-25H3,(H,74,91)(H,75,90)(H,76,87)(H,77,93)(H,78,92)/b46-27-/t47-,49+,50+,53+,54+,55+,56+,57+,60+,61+,62?,63-/m0/s1. The summed E-state index contributed by atoms with van der Waals surface area (Å²) in [4.78, 5) is 194. The van der Waals surface area contributed by atoms with E-state index in [1.54, 1.807) is 65.8 Å². The molecule has 1 aromatic carbocycles. The first-order chi connectivity index (χ1) is 45.8. The van der Waals surface area contributed by atoms with Crippen LogP contribution in [0.15, 0.2) is 30.3 Å². The van der Waals surface area contributed by atoms with Crippen molar-refractivity contribution in [3.63, 3.8) is 0 Å². The van der Waals surface area contributed by atoms with E-state index in [0.717, 1.165) is 20.9 Å². The molecule has 1 fully saturated rings. The number of nitrogens with one attached hydrogen (secondary N) is 5. The van der Waals surface area contributed by atoms with Crippen LogP contribution in [0.5, 0.6) is 0 Å². The van der Waals surface area contributed by atoms with E-state index in [4.69, 9.17) is 0 Å². The Morgan fingerprint density at radius 3 is 1.42 bits per heavy atom. The molecule has 1 unspecified atom stereocenters. The first-order valence-corrected chi connectivity index (χ1v) is 35.1. The zero-order valence-electron chi connectivity index (χ0n) is 64.0. The molecule has 1 aliphatic rings. The van der Waals surface area contributed by atoms with E-state index in [1.165, 1.54) is 94.6 Å². The molecule has 1 aromatic rings. The number of aliphatic hydroxyl groups excluding tert-OH is 1. The number of benzene rings is 1. The molecule has 26 heteroatoms. The van der Waals surface area contributed by atoms with Gasteiger partial charge < -0.3 is 70.8 Å². The van der Waals surface area contributed by atoms with Gasteiger partial charge in [-0.15, -0.1) is 0 Å². The lowest BCUT2D eigenvalue weighted by Gasteiger charge is -2.41.